The van der Waals surface area contributed by atoms with E-state index in [1.165, 1.54) is 0 Å². The largest absolute Gasteiger partial charge is 0.101 e. The number of benzene rings is 2. The van der Waals surface area contributed by atoms with Gasteiger partial charge in [0.15, 0.2) is 0 Å². The lowest BCUT2D eigenvalue weighted by atomic mass is 10.1. The lowest BCUT2D eigenvalue weighted by Gasteiger charge is -2.00. The normalized spacial score (nSPS) is 12.3. The number of rotatable bonds is 2. The van der Waals surface area contributed by atoms with Crippen molar-refractivity contribution in [2.45, 2.75) is 9.65 Å². The van der Waals surface area contributed by atoms with Crippen LogP contribution in [0.2, 0.25) is 0 Å². The smallest absolute Gasteiger partial charge is 0.0695 e. The van der Waals surface area contributed by atoms with Crippen molar-refractivity contribution in [1.82, 2.24) is 0 Å². The lowest BCUT2D eigenvalue weighted by molar-refractivity contribution is 1.30. The fraction of sp³-hybridized carbons (Fsp3) is 0.111. The van der Waals surface area contributed by atoms with Crippen LogP contribution in [0.3, 0.4) is 0 Å². The van der Waals surface area contributed by atoms with Gasteiger partial charge in [-0.05, 0) is 23.0 Å². The molecule has 0 spiro atoms. The summed E-state index contributed by atoms with van der Waals surface area (Å²) in [6.07, 6.45) is 0. The maximum Gasteiger partial charge on any atom is 0.101 e. The second-order valence-corrected chi connectivity index (χ2v) is 5.92. The topological polar surface area (TPSA) is 0 Å². The quantitative estimate of drug-likeness (QED) is 0.486. The molecule has 2 heteroatoms. The van der Waals surface area contributed by atoms with E-state index in [0.717, 1.165) is 11.1 Å². The molecule has 0 aliphatic carbocycles. The predicted octanol–water partition coefficient (Wildman–Crippen LogP) is 5.27. The molecule has 0 N–H and O–H groups in total. The van der Waals surface area contributed by atoms with Gasteiger partial charge in [0.25, 0.3) is 0 Å². The Balaban J connectivity index is 2.00. The molecule has 20 heavy (non-hydrogen) atoms. The molecular weight excluding hydrogens is 376 g/mol. The summed E-state index contributed by atoms with van der Waals surface area (Å²) in [5, 5.41) is 0. The summed E-state index contributed by atoms with van der Waals surface area (Å²) in [7, 11) is 0. The van der Waals surface area contributed by atoms with Crippen LogP contribution in [0.1, 0.15) is 20.8 Å². The van der Waals surface area contributed by atoms with Gasteiger partial charge in [-0.25, -0.2) is 0 Å². The highest BCUT2D eigenvalue weighted by Crippen LogP contribution is 2.21. The summed E-state index contributed by atoms with van der Waals surface area (Å²) in [6, 6.07) is 20.1. The minimum Gasteiger partial charge on any atom is -0.0695 e. The second-order valence-electron chi connectivity index (χ2n) is 4.09. The van der Waals surface area contributed by atoms with Gasteiger partial charge in [0, 0.05) is 0 Å². The Labute approximate surface area is 136 Å². The predicted molar refractivity (Wildman–Crippen MR) is 91.8 cm³/mol. The van der Waals surface area contributed by atoms with Crippen LogP contribution in [0.4, 0.5) is 0 Å². The summed E-state index contributed by atoms with van der Waals surface area (Å²) >= 11 is 7.09. The first-order valence-corrected chi connectivity index (χ1v) is 7.99. The van der Waals surface area contributed by atoms with Crippen LogP contribution in [-0.2, 0) is 0 Å². The average Bonchev–Trinajstić information content (AvgIpc) is 2.53. The van der Waals surface area contributed by atoms with Gasteiger partial charge in [0.1, 0.15) is 9.65 Å². The van der Waals surface area contributed by atoms with Gasteiger partial charge < -0.3 is 0 Å². The van der Waals surface area contributed by atoms with Crippen molar-refractivity contribution in [3.8, 4) is 23.7 Å². The van der Waals surface area contributed by atoms with Crippen molar-refractivity contribution in [2.24, 2.45) is 0 Å². The van der Waals surface area contributed by atoms with E-state index >= 15 is 0 Å². The van der Waals surface area contributed by atoms with Crippen LogP contribution >= 0.6 is 31.9 Å². The fourth-order valence-electron chi connectivity index (χ4n) is 1.61. The zero-order valence-electron chi connectivity index (χ0n) is 10.7. The first kappa shape index (κ1) is 14.9. The molecule has 2 rings (SSSR count). The highest BCUT2D eigenvalue weighted by atomic mass is 79.9. The molecule has 2 unspecified atom stereocenters. The van der Waals surface area contributed by atoms with Gasteiger partial charge in [-0.2, -0.15) is 0 Å². The summed E-state index contributed by atoms with van der Waals surface area (Å²) in [4.78, 5) is 0.0343. The Morgan fingerprint density at radius 1 is 0.600 bits per heavy atom. The molecule has 2 aromatic rings. The average molecular weight is 388 g/mol. The molecule has 98 valence electrons. The minimum absolute atomic E-state index is 0.0171. The Morgan fingerprint density at radius 2 is 0.950 bits per heavy atom. The van der Waals surface area contributed by atoms with E-state index in [9.17, 15) is 0 Å². The molecule has 0 radical (unpaired) electrons. The molecule has 0 aromatic heterocycles. The van der Waals surface area contributed by atoms with Crippen molar-refractivity contribution in [2.75, 3.05) is 0 Å². The van der Waals surface area contributed by atoms with Crippen LogP contribution < -0.4 is 0 Å². The van der Waals surface area contributed by atoms with Crippen molar-refractivity contribution in [1.29, 1.82) is 0 Å². The second kappa shape index (κ2) is 7.95. The monoisotopic (exact) mass is 386 g/mol. The summed E-state index contributed by atoms with van der Waals surface area (Å²) in [5.74, 6) is 11.9. The maximum atomic E-state index is 3.55. The van der Waals surface area contributed by atoms with E-state index in [2.05, 4.69) is 55.5 Å². The molecule has 0 nitrogen and oxygen atoms in total. The third-order valence-electron chi connectivity index (χ3n) is 2.64. The summed E-state index contributed by atoms with van der Waals surface area (Å²) in [5.41, 5.74) is 2.28. The van der Waals surface area contributed by atoms with Gasteiger partial charge in [0.2, 0.25) is 0 Å². The SMILES string of the molecule is BrC(C#CC#CC(Br)c1ccccc1)c1ccccc1. The lowest BCUT2D eigenvalue weighted by Crippen LogP contribution is -1.85. The van der Waals surface area contributed by atoms with Gasteiger partial charge in [0.05, 0.1) is 0 Å². The molecule has 2 atom stereocenters. The molecule has 0 bridgehead atoms. The Kier molecular flexibility index (Phi) is 5.93. The van der Waals surface area contributed by atoms with Crippen molar-refractivity contribution < 1.29 is 0 Å². The van der Waals surface area contributed by atoms with Crippen molar-refractivity contribution >= 4 is 31.9 Å². The minimum atomic E-state index is 0.0171. The van der Waals surface area contributed by atoms with Crippen LogP contribution in [-0.4, -0.2) is 0 Å². The highest BCUT2D eigenvalue weighted by molar-refractivity contribution is 9.09. The fourth-order valence-corrected chi connectivity index (χ4v) is 2.45. The van der Waals surface area contributed by atoms with Crippen molar-refractivity contribution in [3.63, 3.8) is 0 Å². The van der Waals surface area contributed by atoms with Gasteiger partial charge in [-0.15, -0.1) is 0 Å². The summed E-state index contributed by atoms with van der Waals surface area (Å²) in [6.45, 7) is 0. The molecule has 0 heterocycles. The van der Waals surface area contributed by atoms with E-state index in [1.54, 1.807) is 0 Å². The van der Waals surface area contributed by atoms with Crippen LogP contribution in [0, 0.1) is 23.7 Å². The van der Waals surface area contributed by atoms with E-state index < -0.39 is 0 Å². The highest BCUT2D eigenvalue weighted by Gasteiger charge is 2.01. The molecule has 0 saturated heterocycles. The molecule has 0 fully saturated rings. The third kappa shape index (κ3) is 4.57. The molecular formula is C18H12Br2. The van der Waals surface area contributed by atoms with E-state index in [1.807, 2.05) is 60.7 Å². The number of halogens is 2. The standard InChI is InChI=1S/C18H12Br2/c19-17(15-9-3-1-4-10-15)13-7-8-14-18(20)16-11-5-2-6-12-16/h1-6,9-12,17-18H. The number of hydrogen-bond donors (Lipinski definition) is 0. The third-order valence-corrected chi connectivity index (χ3v) is 4.16. The maximum absolute atomic E-state index is 3.55. The van der Waals surface area contributed by atoms with Gasteiger partial charge in [-0.1, -0.05) is 104 Å². The zero-order valence-corrected chi connectivity index (χ0v) is 13.9. The van der Waals surface area contributed by atoms with Gasteiger partial charge in [-0.3, -0.25) is 0 Å². The Morgan fingerprint density at radius 3 is 1.30 bits per heavy atom. The van der Waals surface area contributed by atoms with Gasteiger partial charge >= 0.3 is 0 Å². The van der Waals surface area contributed by atoms with Crippen LogP contribution in [0.15, 0.2) is 60.7 Å². The molecule has 2 aromatic carbocycles. The molecule has 0 saturated carbocycles. The summed E-state index contributed by atoms with van der Waals surface area (Å²) < 4.78 is 0. The zero-order chi connectivity index (χ0) is 14.2. The molecule has 0 amide bonds. The first-order chi connectivity index (χ1) is 9.77. The molecule has 0 aliphatic rings. The Bertz CT molecular complexity index is 593. The van der Waals surface area contributed by atoms with Crippen molar-refractivity contribution in [3.05, 3.63) is 71.8 Å². The first-order valence-electron chi connectivity index (χ1n) is 6.16. The van der Waals surface area contributed by atoms with E-state index in [-0.39, 0.29) is 9.65 Å². The van der Waals surface area contributed by atoms with E-state index in [4.69, 9.17) is 0 Å². The molecule has 0 aliphatic heterocycles. The van der Waals surface area contributed by atoms with Crippen LogP contribution in [0.25, 0.3) is 0 Å². The van der Waals surface area contributed by atoms with Crippen LogP contribution in [0.5, 0.6) is 0 Å². The number of alkyl halides is 2. The van der Waals surface area contributed by atoms with E-state index in [0.29, 0.717) is 0 Å². The Hall–Kier alpha value is -1.48. The number of hydrogen-bond acceptors (Lipinski definition) is 0.